The predicted octanol–water partition coefficient (Wildman–Crippen LogP) is 3.88. The van der Waals surface area contributed by atoms with Gasteiger partial charge in [-0.05, 0) is 38.5 Å². The van der Waals surface area contributed by atoms with Crippen LogP contribution >= 0.6 is 11.8 Å². The zero-order valence-corrected chi connectivity index (χ0v) is 17.4. The maximum atomic E-state index is 12.3. The molecule has 0 aliphatic rings. The van der Waals surface area contributed by atoms with Gasteiger partial charge in [0.2, 0.25) is 0 Å². The van der Waals surface area contributed by atoms with Crippen LogP contribution < -0.4 is 10.1 Å². The minimum atomic E-state index is -1.04. The zero-order valence-electron chi connectivity index (χ0n) is 16.6. The second-order valence-electron chi connectivity index (χ2n) is 6.32. The first kappa shape index (κ1) is 22.2. The molecule has 1 atom stereocenters. The molecular weight excluding hydrogens is 396 g/mol. The number of ether oxygens (including phenoxy) is 2. The van der Waals surface area contributed by atoms with Gasteiger partial charge in [-0.3, -0.25) is 19.7 Å². The molecule has 0 fully saturated rings. The molecule has 0 heterocycles. The summed E-state index contributed by atoms with van der Waals surface area (Å²) in [6.45, 7) is 5.41. The highest BCUT2D eigenvalue weighted by Crippen LogP contribution is 2.29. The Kier molecular flexibility index (Phi) is 7.60. The predicted molar refractivity (Wildman–Crippen MR) is 110 cm³/mol. The number of non-ortho nitro benzene ring substituents is 1. The van der Waals surface area contributed by atoms with E-state index in [4.69, 9.17) is 9.47 Å². The summed E-state index contributed by atoms with van der Waals surface area (Å²) in [5.74, 6) is -0.880. The van der Waals surface area contributed by atoms with E-state index in [1.165, 1.54) is 44.0 Å². The van der Waals surface area contributed by atoms with Crippen LogP contribution in [0.2, 0.25) is 0 Å². The van der Waals surface area contributed by atoms with E-state index >= 15 is 0 Å². The van der Waals surface area contributed by atoms with Crippen molar-refractivity contribution in [1.29, 1.82) is 0 Å². The summed E-state index contributed by atoms with van der Waals surface area (Å²) in [5, 5.41) is 13.4. The van der Waals surface area contributed by atoms with E-state index in [-0.39, 0.29) is 22.9 Å². The largest absolute Gasteiger partial charge is 0.494 e. The topological polar surface area (TPSA) is 108 Å². The number of amides is 1. The Morgan fingerprint density at radius 3 is 2.55 bits per heavy atom. The lowest BCUT2D eigenvalue weighted by Crippen LogP contribution is -2.30. The Labute approximate surface area is 172 Å². The van der Waals surface area contributed by atoms with Crippen molar-refractivity contribution in [2.24, 2.45) is 0 Å². The molecule has 0 aromatic heterocycles. The normalized spacial score (nSPS) is 11.4. The first-order valence-corrected chi connectivity index (χ1v) is 9.72. The summed E-state index contributed by atoms with van der Waals surface area (Å²) in [6, 6.07) is 9.75. The van der Waals surface area contributed by atoms with Gasteiger partial charge < -0.3 is 14.8 Å². The number of methoxy groups -OCH3 is 1. The number of hydrogen-bond acceptors (Lipinski definition) is 7. The minimum absolute atomic E-state index is 0.0718. The number of carbonyl (C=O) groups is 2. The van der Waals surface area contributed by atoms with Crippen LogP contribution in [0.5, 0.6) is 5.75 Å². The van der Waals surface area contributed by atoms with E-state index < -0.39 is 22.9 Å². The third-order valence-electron chi connectivity index (χ3n) is 4.01. The van der Waals surface area contributed by atoms with Crippen LogP contribution in [0, 0.1) is 24.0 Å². The molecule has 0 saturated heterocycles. The van der Waals surface area contributed by atoms with Crippen LogP contribution in [0.3, 0.4) is 0 Å². The minimum Gasteiger partial charge on any atom is -0.494 e. The number of nitrogens with zero attached hydrogens (tertiary/aromatic N) is 1. The Balaban J connectivity index is 1.93. The molecule has 0 spiro atoms. The second kappa shape index (κ2) is 9.92. The SMILES string of the molecule is COc1cc([N+](=O)[O-])ccc1NC(=O)[C@H](C)OC(=O)CSc1ccc(C)cc1C. The number of nitro groups is 1. The number of benzene rings is 2. The molecule has 154 valence electrons. The average Bonchev–Trinajstić information content (AvgIpc) is 2.67. The summed E-state index contributed by atoms with van der Waals surface area (Å²) >= 11 is 1.34. The van der Waals surface area contributed by atoms with Crippen LogP contribution in [0.25, 0.3) is 0 Å². The molecule has 1 N–H and O–H groups in total. The van der Waals surface area contributed by atoms with E-state index in [0.717, 1.165) is 16.0 Å². The summed E-state index contributed by atoms with van der Waals surface area (Å²) in [6.07, 6.45) is -1.04. The van der Waals surface area contributed by atoms with Gasteiger partial charge in [-0.2, -0.15) is 0 Å². The van der Waals surface area contributed by atoms with Gasteiger partial charge in [-0.15, -0.1) is 11.8 Å². The van der Waals surface area contributed by atoms with Gasteiger partial charge in [-0.1, -0.05) is 17.7 Å². The third-order valence-corrected chi connectivity index (χ3v) is 5.16. The summed E-state index contributed by atoms with van der Waals surface area (Å²) in [5.41, 5.74) is 2.29. The van der Waals surface area contributed by atoms with Crippen molar-refractivity contribution < 1.29 is 24.0 Å². The van der Waals surface area contributed by atoms with Gasteiger partial charge in [0, 0.05) is 11.0 Å². The standard InChI is InChI=1S/C20H22N2O6S/c1-12-5-8-18(13(2)9-12)29-11-19(23)28-14(3)20(24)21-16-7-6-15(22(25)26)10-17(16)27-4/h5-10,14H,11H2,1-4H3,(H,21,24)/t14-/m0/s1. The van der Waals surface area contributed by atoms with Crippen LogP contribution in [-0.2, 0) is 14.3 Å². The Hall–Kier alpha value is -3.07. The van der Waals surface area contributed by atoms with Crippen molar-refractivity contribution in [3.8, 4) is 5.75 Å². The number of hydrogen-bond donors (Lipinski definition) is 1. The number of esters is 1. The number of aryl methyl sites for hydroxylation is 2. The quantitative estimate of drug-likeness (QED) is 0.300. The fourth-order valence-corrected chi connectivity index (χ4v) is 3.31. The lowest BCUT2D eigenvalue weighted by Gasteiger charge is -2.15. The molecular formula is C20H22N2O6S. The van der Waals surface area contributed by atoms with Crippen molar-refractivity contribution in [2.75, 3.05) is 18.2 Å². The van der Waals surface area contributed by atoms with Gasteiger partial charge >= 0.3 is 5.97 Å². The molecule has 0 aliphatic carbocycles. The number of carbonyl (C=O) groups excluding carboxylic acids is 2. The smallest absolute Gasteiger partial charge is 0.317 e. The first-order valence-electron chi connectivity index (χ1n) is 8.74. The van der Waals surface area contributed by atoms with E-state index in [1.807, 2.05) is 32.0 Å². The van der Waals surface area contributed by atoms with Gasteiger partial charge in [0.15, 0.2) is 6.10 Å². The third kappa shape index (κ3) is 6.21. The van der Waals surface area contributed by atoms with Gasteiger partial charge in [0.25, 0.3) is 11.6 Å². The lowest BCUT2D eigenvalue weighted by molar-refractivity contribution is -0.384. The molecule has 1 amide bonds. The fourth-order valence-electron chi connectivity index (χ4n) is 2.51. The van der Waals surface area contributed by atoms with Crippen LogP contribution in [0.15, 0.2) is 41.3 Å². The Morgan fingerprint density at radius 1 is 1.21 bits per heavy atom. The number of anilines is 1. The molecule has 0 bridgehead atoms. The van der Waals surface area contributed by atoms with E-state index in [1.54, 1.807) is 0 Å². The van der Waals surface area contributed by atoms with Crippen molar-refractivity contribution in [1.82, 2.24) is 0 Å². The molecule has 0 unspecified atom stereocenters. The van der Waals surface area contributed by atoms with E-state index in [0.29, 0.717) is 0 Å². The van der Waals surface area contributed by atoms with Crippen LogP contribution in [0.4, 0.5) is 11.4 Å². The molecule has 29 heavy (non-hydrogen) atoms. The molecule has 0 saturated carbocycles. The van der Waals surface area contributed by atoms with Crippen molar-refractivity contribution in [3.63, 3.8) is 0 Å². The summed E-state index contributed by atoms with van der Waals surface area (Å²) in [7, 11) is 1.34. The average molecular weight is 418 g/mol. The van der Waals surface area contributed by atoms with Crippen molar-refractivity contribution in [2.45, 2.75) is 31.8 Å². The maximum absolute atomic E-state index is 12.3. The van der Waals surface area contributed by atoms with E-state index in [9.17, 15) is 19.7 Å². The Morgan fingerprint density at radius 2 is 1.93 bits per heavy atom. The molecule has 2 aromatic rings. The zero-order chi connectivity index (χ0) is 21.6. The maximum Gasteiger partial charge on any atom is 0.317 e. The molecule has 2 aromatic carbocycles. The number of rotatable bonds is 8. The molecule has 9 heteroatoms. The van der Waals surface area contributed by atoms with Crippen molar-refractivity contribution in [3.05, 3.63) is 57.6 Å². The number of thioether (sulfide) groups is 1. The lowest BCUT2D eigenvalue weighted by atomic mass is 10.2. The molecule has 8 nitrogen and oxygen atoms in total. The molecule has 2 rings (SSSR count). The number of nitrogens with one attached hydrogen (secondary N) is 1. The summed E-state index contributed by atoms with van der Waals surface area (Å²) in [4.78, 5) is 35.6. The van der Waals surface area contributed by atoms with Gasteiger partial charge in [-0.25, -0.2) is 0 Å². The first-order chi connectivity index (χ1) is 13.7. The van der Waals surface area contributed by atoms with E-state index in [2.05, 4.69) is 5.32 Å². The van der Waals surface area contributed by atoms with Crippen LogP contribution in [-0.4, -0.2) is 35.8 Å². The monoisotopic (exact) mass is 418 g/mol. The van der Waals surface area contributed by atoms with Gasteiger partial charge in [0.05, 0.1) is 29.5 Å². The van der Waals surface area contributed by atoms with Gasteiger partial charge in [0.1, 0.15) is 5.75 Å². The molecule has 0 aliphatic heterocycles. The summed E-state index contributed by atoms with van der Waals surface area (Å²) < 4.78 is 10.3. The van der Waals surface area contributed by atoms with Crippen LogP contribution in [0.1, 0.15) is 18.1 Å². The number of nitro benzene ring substituents is 1. The fraction of sp³-hybridized carbons (Fsp3) is 0.300. The molecule has 0 radical (unpaired) electrons. The Bertz CT molecular complexity index is 931. The highest BCUT2D eigenvalue weighted by molar-refractivity contribution is 8.00. The second-order valence-corrected chi connectivity index (χ2v) is 7.34. The van der Waals surface area contributed by atoms with Crippen molar-refractivity contribution >= 4 is 35.0 Å². The highest BCUT2D eigenvalue weighted by atomic mass is 32.2. The highest BCUT2D eigenvalue weighted by Gasteiger charge is 2.20.